The summed E-state index contributed by atoms with van der Waals surface area (Å²) >= 11 is 0. The summed E-state index contributed by atoms with van der Waals surface area (Å²) < 4.78 is 55.2. The highest BCUT2D eigenvalue weighted by Crippen LogP contribution is 2.40. The van der Waals surface area contributed by atoms with Crippen LogP contribution >= 0.6 is 0 Å². The van der Waals surface area contributed by atoms with Gasteiger partial charge < -0.3 is 9.80 Å². The van der Waals surface area contributed by atoms with E-state index in [-0.39, 0.29) is 15.8 Å². The summed E-state index contributed by atoms with van der Waals surface area (Å²) in [5.41, 5.74) is 3.87. The lowest BCUT2D eigenvalue weighted by molar-refractivity contribution is 0.509. The second kappa shape index (κ2) is 9.10. The van der Waals surface area contributed by atoms with Crippen molar-refractivity contribution in [2.75, 3.05) is 54.4 Å². The van der Waals surface area contributed by atoms with Crippen LogP contribution in [-0.2, 0) is 20.0 Å². The van der Waals surface area contributed by atoms with Gasteiger partial charge in [-0.2, -0.15) is 0 Å². The molecule has 2 heterocycles. The molecular formula is C26H30N4O4S2. The second-order valence-electron chi connectivity index (χ2n) is 9.42. The molecule has 0 saturated carbocycles. The van der Waals surface area contributed by atoms with Crippen LogP contribution in [0.15, 0.2) is 82.6 Å². The van der Waals surface area contributed by atoms with Crippen LogP contribution in [0.2, 0.25) is 0 Å². The van der Waals surface area contributed by atoms with Crippen molar-refractivity contribution in [3.05, 3.63) is 78.4 Å². The minimum atomic E-state index is -3.92. The number of hydrogen-bond donors (Lipinski definition) is 0. The van der Waals surface area contributed by atoms with Crippen molar-refractivity contribution in [1.29, 1.82) is 0 Å². The number of aryl methyl sites for hydroxylation is 1. The van der Waals surface area contributed by atoms with E-state index < -0.39 is 20.0 Å². The van der Waals surface area contributed by atoms with Gasteiger partial charge in [-0.15, -0.1) is 0 Å². The van der Waals surface area contributed by atoms with Crippen LogP contribution in [0.5, 0.6) is 0 Å². The maximum atomic E-state index is 13.8. The Kier molecular flexibility index (Phi) is 6.22. The molecule has 0 bridgehead atoms. The highest BCUT2D eigenvalue weighted by atomic mass is 32.2. The molecular weight excluding hydrogens is 496 g/mol. The molecule has 1 atom stereocenters. The fourth-order valence-electron chi connectivity index (χ4n) is 4.94. The van der Waals surface area contributed by atoms with Crippen LogP contribution in [0.4, 0.5) is 17.1 Å². The minimum absolute atomic E-state index is 0.0303. The number of para-hydroxylation sites is 2. The minimum Gasteiger partial charge on any atom is -0.368 e. The van der Waals surface area contributed by atoms with Gasteiger partial charge in [-0.05, 0) is 61.0 Å². The van der Waals surface area contributed by atoms with Gasteiger partial charge in [0.05, 0.1) is 33.8 Å². The average molecular weight is 527 g/mol. The highest BCUT2D eigenvalue weighted by molar-refractivity contribution is 7.93. The van der Waals surface area contributed by atoms with Crippen LogP contribution in [0.1, 0.15) is 5.56 Å². The Bertz CT molecular complexity index is 1490. The van der Waals surface area contributed by atoms with E-state index in [0.29, 0.717) is 18.8 Å². The highest BCUT2D eigenvalue weighted by Gasteiger charge is 2.39. The first-order valence-electron chi connectivity index (χ1n) is 11.8. The Balaban J connectivity index is 1.49. The number of nitrogens with zero attached hydrogens (tertiary/aromatic N) is 4. The van der Waals surface area contributed by atoms with Gasteiger partial charge in [0.2, 0.25) is 10.0 Å². The molecule has 2 aliphatic heterocycles. The van der Waals surface area contributed by atoms with E-state index in [4.69, 9.17) is 0 Å². The fourth-order valence-corrected chi connectivity index (χ4v) is 7.36. The molecule has 1 fully saturated rings. The normalized spacial score (nSPS) is 18.2. The van der Waals surface area contributed by atoms with E-state index in [9.17, 15) is 16.8 Å². The SMILES string of the molecule is Cc1cccc(N2CCN3c4ccccc4N(S(=O)(=O)c4ccc(S(=O)(=O)N(C)C)cc4)CC3C2)c1. The maximum absolute atomic E-state index is 13.8. The van der Waals surface area contributed by atoms with E-state index in [1.165, 1.54) is 48.2 Å². The van der Waals surface area contributed by atoms with Crippen molar-refractivity contribution in [3.8, 4) is 0 Å². The average Bonchev–Trinajstić information content (AvgIpc) is 2.87. The van der Waals surface area contributed by atoms with E-state index in [0.717, 1.165) is 28.8 Å². The van der Waals surface area contributed by atoms with Crippen molar-refractivity contribution >= 4 is 37.1 Å². The van der Waals surface area contributed by atoms with Crippen molar-refractivity contribution in [3.63, 3.8) is 0 Å². The van der Waals surface area contributed by atoms with E-state index in [2.05, 4.69) is 34.9 Å². The zero-order valence-electron chi connectivity index (χ0n) is 20.6. The topological polar surface area (TPSA) is 81.2 Å². The summed E-state index contributed by atoms with van der Waals surface area (Å²) in [6.45, 7) is 4.71. The first-order valence-corrected chi connectivity index (χ1v) is 14.7. The summed E-state index contributed by atoms with van der Waals surface area (Å²) in [6.07, 6.45) is 0. The smallest absolute Gasteiger partial charge is 0.264 e. The molecule has 1 saturated heterocycles. The Morgan fingerprint density at radius 1 is 0.778 bits per heavy atom. The van der Waals surface area contributed by atoms with Gasteiger partial charge in [0.25, 0.3) is 10.0 Å². The van der Waals surface area contributed by atoms with Crippen LogP contribution in [0.25, 0.3) is 0 Å². The van der Waals surface area contributed by atoms with Gasteiger partial charge in [-0.1, -0.05) is 24.3 Å². The molecule has 5 rings (SSSR count). The Morgan fingerprint density at radius 3 is 2.11 bits per heavy atom. The second-order valence-corrected chi connectivity index (χ2v) is 13.4. The molecule has 8 nitrogen and oxygen atoms in total. The van der Waals surface area contributed by atoms with E-state index in [1.807, 2.05) is 30.3 Å². The molecule has 2 aliphatic rings. The van der Waals surface area contributed by atoms with Crippen molar-refractivity contribution in [2.45, 2.75) is 22.8 Å². The van der Waals surface area contributed by atoms with Crippen LogP contribution in [0.3, 0.4) is 0 Å². The zero-order valence-corrected chi connectivity index (χ0v) is 22.2. The third-order valence-electron chi connectivity index (χ3n) is 6.88. The van der Waals surface area contributed by atoms with E-state index >= 15 is 0 Å². The lowest BCUT2D eigenvalue weighted by Crippen LogP contribution is -2.60. The molecule has 0 spiro atoms. The molecule has 0 radical (unpaired) electrons. The lowest BCUT2D eigenvalue weighted by Gasteiger charge is -2.49. The number of rotatable bonds is 5. The number of benzene rings is 3. The van der Waals surface area contributed by atoms with Gasteiger partial charge in [0.15, 0.2) is 0 Å². The molecule has 190 valence electrons. The largest absolute Gasteiger partial charge is 0.368 e. The molecule has 0 aliphatic carbocycles. The van der Waals surface area contributed by atoms with Crippen molar-refractivity contribution < 1.29 is 16.8 Å². The number of hydrogen-bond acceptors (Lipinski definition) is 6. The molecule has 3 aromatic rings. The van der Waals surface area contributed by atoms with Gasteiger partial charge in [0, 0.05) is 39.4 Å². The van der Waals surface area contributed by atoms with Crippen molar-refractivity contribution in [2.24, 2.45) is 0 Å². The predicted octanol–water partition coefficient (Wildman–Crippen LogP) is 3.15. The molecule has 36 heavy (non-hydrogen) atoms. The first kappa shape index (κ1) is 24.6. The summed E-state index contributed by atoms with van der Waals surface area (Å²) in [7, 11) is -4.68. The zero-order chi connectivity index (χ0) is 25.7. The Hall–Kier alpha value is -3.08. The third kappa shape index (κ3) is 4.23. The van der Waals surface area contributed by atoms with E-state index in [1.54, 1.807) is 0 Å². The maximum Gasteiger partial charge on any atom is 0.264 e. The Labute approximate surface area is 213 Å². The van der Waals surface area contributed by atoms with Crippen molar-refractivity contribution in [1.82, 2.24) is 4.31 Å². The quantitative estimate of drug-likeness (QED) is 0.508. The van der Waals surface area contributed by atoms with Gasteiger partial charge >= 0.3 is 0 Å². The van der Waals surface area contributed by atoms with Gasteiger partial charge in [0.1, 0.15) is 0 Å². The number of anilines is 3. The summed E-state index contributed by atoms with van der Waals surface area (Å²) in [4.78, 5) is 4.74. The number of sulfonamides is 2. The molecule has 3 aromatic carbocycles. The monoisotopic (exact) mass is 526 g/mol. The Morgan fingerprint density at radius 2 is 1.44 bits per heavy atom. The van der Waals surface area contributed by atoms with Crippen LogP contribution in [0, 0.1) is 6.92 Å². The standard InChI is InChI=1S/C26H30N4O4S2/c1-20-7-6-8-21(17-20)28-15-16-29-22(18-28)19-30(26-10-5-4-9-25(26)29)36(33,34)24-13-11-23(12-14-24)35(31,32)27(2)3/h4-14,17,22H,15-16,18-19H2,1-3H3. The summed E-state index contributed by atoms with van der Waals surface area (Å²) in [5.74, 6) is 0. The first-order chi connectivity index (χ1) is 17.1. The predicted molar refractivity (Wildman–Crippen MR) is 143 cm³/mol. The summed E-state index contributed by atoms with van der Waals surface area (Å²) in [6, 6.07) is 21.4. The molecule has 0 N–H and O–H groups in total. The number of fused-ring (bicyclic) bond motifs is 3. The fraction of sp³-hybridized carbons (Fsp3) is 0.308. The third-order valence-corrected chi connectivity index (χ3v) is 10.5. The molecule has 0 amide bonds. The summed E-state index contributed by atoms with van der Waals surface area (Å²) in [5, 5.41) is 0. The molecule has 10 heteroatoms. The lowest BCUT2D eigenvalue weighted by atomic mass is 10.0. The van der Waals surface area contributed by atoms with Crippen LogP contribution in [-0.4, -0.2) is 67.5 Å². The molecule has 1 unspecified atom stereocenters. The van der Waals surface area contributed by atoms with Gasteiger partial charge in [-0.25, -0.2) is 21.1 Å². The van der Waals surface area contributed by atoms with Gasteiger partial charge in [-0.3, -0.25) is 4.31 Å². The number of piperazine rings is 1. The molecule has 0 aromatic heterocycles. The van der Waals surface area contributed by atoms with Crippen LogP contribution < -0.4 is 14.1 Å².